The fourth-order valence-electron chi connectivity index (χ4n) is 1.47. The summed E-state index contributed by atoms with van der Waals surface area (Å²) in [6.07, 6.45) is 0. The minimum atomic E-state index is -3.12. The number of hydrogen-bond donors (Lipinski definition) is 0. The normalized spacial score (nSPS) is 11.2. The molecule has 110 valence electrons. The fraction of sp³-hybridized carbons (Fsp3) is 0.500. The summed E-state index contributed by atoms with van der Waals surface area (Å²) in [5, 5.41) is 8.42. The second-order valence-electron chi connectivity index (χ2n) is 4.47. The summed E-state index contributed by atoms with van der Waals surface area (Å²) in [7, 11) is -3.12. The van der Waals surface area contributed by atoms with Crippen LogP contribution in [-0.2, 0) is 9.84 Å². The van der Waals surface area contributed by atoms with Crippen LogP contribution in [0.5, 0.6) is 11.5 Å². The van der Waals surface area contributed by atoms with Gasteiger partial charge in [-0.15, -0.1) is 0 Å². The Labute approximate surface area is 120 Å². The molecule has 0 fully saturated rings. The van der Waals surface area contributed by atoms with Crippen LogP contribution >= 0.6 is 0 Å². The standard InChI is InChI=1S/C14H19NO4S/c1-4-18-14-9-12(10-15)5-6-13(14)19-7-8-20(16,17)11(2)3/h5-6,9,11H,4,7-8H2,1-3H3. The molecule has 0 spiro atoms. The van der Waals surface area contributed by atoms with Gasteiger partial charge in [-0.2, -0.15) is 5.26 Å². The Hall–Kier alpha value is -1.74. The first-order valence-corrected chi connectivity index (χ1v) is 8.13. The highest BCUT2D eigenvalue weighted by Crippen LogP contribution is 2.28. The van der Waals surface area contributed by atoms with E-state index in [1.807, 2.05) is 13.0 Å². The summed E-state index contributed by atoms with van der Waals surface area (Å²) in [4.78, 5) is 0. The zero-order chi connectivity index (χ0) is 15.2. The highest BCUT2D eigenvalue weighted by molar-refractivity contribution is 7.91. The van der Waals surface area contributed by atoms with Crippen LogP contribution in [0.2, 0.25) is 0 Å². The number of rotatable bonds is 7. The third-order valence-electron chi connectivity index (χ3n) is 2.72. The van der Waals surface area contributed by atoms with Crippen molar-refractivity contribution in [3.8, 4) is 17.6 Å². The Morgan fingerprint density at radius 1 is 1.25 bits per heavy atom. The zero-order valence-electron chi connectivity index (χ0n) is 11.9. The van der Waals surface area contributed by atoms with Gasteiger partial charge in [0.05, 0.1) is 29.2 Å². The van der Waals surface area contributed by atoms with E-state index in [1.165, 1.54) is 0 Å². The number of sulfone groups is 1. The molecule has 0 N–H and O–H groups in total. The molecule has 0 saturated heterocycles. The van der Waals surface area contributed by atoms with Gasteiger partial charge in [-0.3, -0.25) is 0 Å². The van der Waals surface area contributed by atoms with E-state index in [9.17, 15) is 8.42 Å². The molecule has 0 aliphatic carbocycles. The number of benzene rings is 1. The molecule has 0 unspecified atom stereocenters. The third kappa shape index (κ3) is 4.42. The summed E-state index contributed by atoms with van der Waals surface area (Å²) in [6.45, 7) is 5.61. The van der Waals surface area contributed by atoms with Gasteiger partial charge in [-0.05, 0) is 32.9 Å². The molecule has 1 rings (SSSR count). The molecule has 0 heterocycles. The molecule has 0 atom stereocenters. The van der Waals surface area contributed by atoms with Gasteiger partial charge >= 0.3 is 0 Å². The van der Waals surface area contributed by atoms with Gasteiger partial charge in [-0.1, -0.05) is 0 Å². The highest BCUT2D eigenvalue weighted by atomic mass is 32.2. The predicted octanol–water partition coefficient (Wildman–Crippen LogP) is 2.16. The van der Waals surface area contributed by atoms with Crippen LogP contribution in [0.25, 0.3) is 0 Å². The molecule has 1 aromatic carbocycles. The Morgan fingerprint density at radius 3 is 2.50 bits per heavy atom. The molecule has 0 saturated carbocycles. The Bertz CT molecular complexity index is 588. The van der Waals surface area contributed by atoms with E-state index in [2.05, 4.69) is 0 Å². The zero-order valence-corrected chi connectivity index (χ0v) is 12.7. The van der Waals surface area contributed by atoms with E-state index in [4.69, 9.17) is 14.7 Å². The number of nitrogens with zero attached hydrogens (tertiary/aromatic N) is 1. The van der Waals surface area contributed by atoms with Crippen molar-refractivity contribution in [1.82, 2.24) is 0 Å². The van der Waals surface area contributed by atoms with E-state index >= 15 is 0 Å². The highest BCUT2D eigenvalue weighted by Gasteiger charge is 2.16. The van der Waals surface area contributed by atoms with E-state index in [0.717, 1.165) is 0 Å². The lowest BCUT2D eigenvalue weighted by Crippen LogP contribution is -2.22. The van der Waals surface area contributed by atoms with Crippen LogP contribution in [0.15, 0.2) is 18.2 Å². The second-order valence-corrected chi connectivity index (χ2v) is 7.15. The minimum Gasteiger partial charge on any atom is -0.490 e. The SMILES string of the molecule is CCOc1cc(C#N)ccc1OCCS(=O)(=O)C(C)C. The lowest BCUT2D eigenvalue weighted by Gasteiger charge is -2.13. The molecule has 0 bridgehead atoms. The van der Waals surface area contributed by atoms with Gasteiger partial charge in [-0.25, -0.2) is 8.42 Å². The van der Waals surface area contributed by atoms with Crippen molar-refractivity contribution < 1.29 is 17.9 Å². The number of ether oxygens (including phenoxy) is 2. The van der Waals surface area contributed by atoms with E-state index in [-0.39, 0.29) is 12.4 Å². The molecule has 6 heteroatoms. The van der Waals surface area contributed by atoms with E-state index < -0.39 is 15.1 Å². The molecule has 20 heavy (non-hydrogen) atoms. The first-order chi connectivity index (χ1) is 9.40. The summed E-state index contributed by atoms with van der Waals surface area (Å²) >= 11 is 0. The van der Waals surface area contributed by atoms with Crippen LogP contribution < -0.4 is 9.47 Å². The topological polar surface area (TPSA) is 76.4 Å². The Kier molecular flexibility index (Phi) is 5.83. The molecule has 0 aliphatic rings. The molecule has 5 nitrogen and oxygen atoms in total. The molecule has 1 aromatic rings. The van der Waals surface area contributed by atoms with Gasteiger partial charge in [0.1, 0.15) is 6.61 Å². The predicted molar refractivity (Wildman–Crippen MR) is 76.7 cm³/mol. The lowest BCUT2D eigenvalue weighted by atomic mass is 10.2. The monoisotopic (exact) mass is 297 g/mol. The Morgan fingerprint density at radius 2 is 1.95 bits per heavy atom. The lowest BCUT2D eigenvalue weighted by molar-refractivity contribution is 0.288. The summed E-state index contributed by atoms with van der Waals surface area (Å²) in [5.74, 6) is 0.856. The van der Waals surface area contributed by atoms with Crippen molar-refractivity contribution in [1.29, 1.82) is 5.26 Å². The van der Waals surface area contributed by atoms with E-state index in [1.54, 1.807) is 32.0 Å². The van der Waals surface area contributed by atoms with Crippen LogP contribution in [0.1, 0.15) is 26.3 Å². The van der Waals surface area contributed by atoms with Crippen molar-refractivity contribution in [3.05, 3.63) is 23.8 Å². The van der Waals surface area contributed by atoms with Gasteiger partial charge in [0.25, 0.3) is 0 Å². The Balaban J connectivity index is 2.75. The van der Waals surface area contributed by atoms with Crippen LogP contribution in [0.3, 0.4) is 0 Å². The van der Waals surface area contributed by atoms with Crippen LogP contribution in [-0.4, -0.2) is 32.6 Å². The minimum absolute atomic E-state index is 0.0454. The molecule has 0 amide bonds. The van der Waals surface area contributed by atoms with Crippen molar-refractivity contribution in [3.63, 3.8) is 0 Å². The molecule has 0 aliphatic heterocycles. The van der Waals surface area contributed by atoms with Crippen molar-refractivity contribution in [2.24, 2.45) is 0 Å². The smallest absolute Gasteiger partial charge is 0.162 e. The first-order valence-electron chi connectivity index (χ1n) is 6.42. The summed E-state index contributed by atoms with van der Waals surface area (Å²) in [5.41, 5.74) is 0.468. The maximum Gasteiger partial charge on any atom is 0.162 e. The maximum absolute atomic E-state index is 11.7. The van der Waals surface area contributed by atoms with Crippen molar-refractivity contribution >= 4 is 9.84 Å². The summed E-state index contributed by atoms with van der Waals surface area (Å²) in [6, 6.07) is 6.82. The van der Waals surface area contributed by atoms with Gasteiger partial charge in [0.15, 0.2) is 21.3 Å². The quantitative estimate of drug-likeness (QED) is 0.770. The van der Waals surface area contributed by atoms with E-state index in [0.29, 0.717) is 23.7 Å². The fourth-order valence-corrected chi connectivity index (χ4v) is 2.26. The van der Waals surface area contributed by atoms with Crippen LogP contribution in [0, 0.1) is 11.3 Å². The maximum atomic E-state index is 11.7. The molecular formula is C14H19NO4S. The number of hydrogen-bond acceptors (Lipinski definition) is 5. The average Bonchev–Trinajstić information content (AvgIpc) is 2.40. The average molecular weight is 297 g/mol. The molecule has 0 aromatic heterocycles. The first kappa shape index (κ1) is 16.3. The number of nitriles is 1. The largest absolute Gasteiger partial charge is 0.490 e. The van der Waals surface area contributed by atoms with Gasteiger partial charge < -0.3 is 9.47 Å². The van der Waals surface area contributed by atoms with Crippen molar-refractivity contribution in [2.75, 3.05) is 19.0 Å². The van der Waals surface area contributed by atoms with Gasteiger partial charge in [0, 0.05) is 6.07 Å². The van der Waals surface area contributed by atoms with Crippen LogP contribution in [0.4, 0.5) is 0 Å². The van der Waals surface area contributed by atoms with Crippen molar-refractivity contribution in [2.45, 2.75) is 26.0 Å². The molecular weight excluding hydrogens is 278 g/mol. The summed E-state index contributed by atoms with van der Waals surface area (Å²) < 4.78 is 34.2. The second kappa shape index (κ2) is 7.15. The third-order valence-corrected chi connectivity index (χ3v) is 4.89. The molecule has 0 radical (unpaired) electrons. The van der Waals surface area contributed by atoms with Gasteiger partial charge in [0.2, 0.25) is 0 Å².